The maximum absolute atomic E-state index is 11.7. The van der Waals surface area contributed by atoms with Gasteiger partial charge >= 0.3 is 0 Å². The van der Waals surface area contributed by atoms with Crippen molar-refractivity contribution in [3.05, 3.63) is 159 Å². The number of rotatable bonds is 12. The molecule has 13 heteroatoms. The van der Waals surface area contributed by atoms with Gasteiger partial charge in [0, 0.05) is 48.6 Å². The van der Waals surface area contributed by atoms with E-state index in [9.17, 15) is 36.1 Å². The lowest BCUT2D eigenvalue weighted by Crippen LogP contribution is -2.22. The van der Waals surface area contributed by atoms with Crippen LogP contribution in [0.1, 0.15) is 36.1 Å². The molecule has 0 saturated carbocycles. The molecule has 1 aliphatic carbocycles. The van der Waals surface area contributed by atoms with Crippen LogP contribution in [-0.4, -0.2) is 54.2 Å². The van der Waals surface area contributed by atoms with E-state index < -0.39 is 25.2 Å². The molecule has 258 valence electrons. The Morgan fingerprint density at radius 1 is 0.720 bits per heavy atom. The summed E-state index contributed by atoms with van der Waals surface area (Å²) in [7, 11) is -8.67. The first kappa shape index (κ1) is 36.1. The number of nitrogens with zero attached hydrogens (tertiary/aromatic N) is 3. The molecule has 11 nitrogen and oxygen atoms in total. The van der Waals surface area contributed by atoms with Crippen LogP contribution in [0.25, 0.3) is 5.57 Å². The van der Waals surface area contributed by atoms with Crippen LogP contribution in [0.2, 0.25) is 0 Å². The van der Waals surface area contributed by atoms with Crippen LogP contribution in [0.5, 0.6) is 0 Å². The molecule has 0 aliphatic heterocycles. The van der Waals surface area contributed by atoms with Gasteiger partial charge in [0.05, 0.1) is 14.7 Å². The number of nitro groups is 1. The van der Waals surface area contributed by atoms with Crippen molar-refractivity contribution in [1.29, 1.82) is 0 Å². The SMILES string of the molecule is CCN(Cc1cccc(S(=O)(=O)O)c1)c1ccc(C(=C2C=CC(=[N+](CC)Cc3cccc(S(=O)(=O)O)c3)C=C2)c2cccc([N+](=O)[O-])c2)cc1. The van der Waals surface area contributed by atoms with Gasteiger partial charge in [-0.1, -0.05) is 48.5 Å². The number of benzene rings is 4. The van der Waals surface area contributed by atoms with E-state index in [0.717, 1.165) is 28.1 Å². The summed E-state index contributed by atoms with van der Waals surface area (Å²) in [6.45, 7) is 5.99. The highest BCUT2D eigenvalue weighted by Crippen LogP contribution is 2.33. The third-order valence-electron chi connectivity index (χ3n) is 8.29. The summed E-state index contributed by atoms with van der Waals surface area (Å²) in [5.74, 6) is 0. The maximum atomic E-state index is 11.7. The first-order valence-electron chi connectivity index (χ1n) is 15.7. The van der Waals surface area contributed by atoms with Gasteiger partial charge in [0.2, 0.25) is 0 Å². The molecule has 0 amide bonds. The minimum atomic E-state index is -4.33. The zero-order valence-electron chi connectivity index (χ0n) is 27.4. The van der Waals surface area contributed by atoms with Gasteiger partial charge in [-0.3, -0.25) is 19.2 Å². The van der Waals surface area contributed by atoms with Gasteiger partial charge in [-0.05, 0) is 90.2 Å². The third-order valence-corrected chi connectivity index (χ3v) is 9.99. The van der Waals surface area contributed by atoms with Crippen LogP contribution in [0, 0.1) is 10.1 Å². The lowest BCUT2D eigenvalue weighted by Gasteiger charge is -2.24. The lowest BCUT2D eigenvalue weighted by atomic mass is 9.90. The third kappa shape index (κ3) is 8.68. The highest BCUT2D eigenvalue weighted by molar-refractivity contribution is 7.86. The molecule has 0 heterocycles. The van der Waals surface area contributed by atoms with E-state index in [0.29, 0.717) is 42.9 Å². The van der Waals surface area contributed by atoms with Crippen molar-refractivity contribution < 1.29 is 35.4 Å². The van der Waals surface area contributed by atoms with E-state index in [4.69, 9.17) is 0 Å². The number of hydrogen-bond acceptors (Lipinski definition) is 7. The number of allylic oxidation sites excluding steroid dienone is 5. The van der Waals surface area contributed by atoms with Crippen molar-refractivity contribution in [3.63, 3.8) is 0 Å². The maximum Gasteiger partial charge on any atom is 0.294 e. The van der Waals surface area contributed by atoms with Crippen LogP contribution in [0.4, 0.5) is 11.4 Å². The summed E-state index contributed by atoms with van der Waals surface area (Å²) in [5.41, 5.74) is 6.20. The van der Waals surface area contributed by atoms with E-state index in [1.165, 1.54) is 36.4 Å². The predicted molar refractivity (Wildman–Crippen MR) is 193 cm³/mol. The Bertz CT molecular complexity index is 2260. The van der Waals surface area contributed by atoms with Crippen molar-refractivity contribution in [2.24, 2.45) is 0 Å². The average molecular weight is 715 g/mol. The van der Waals surface area contributed by atoms with E-state index in [1.54, 1.807) is 30.3 Å². The summed E-state index contributed by atoms with van der Waals surface area (Å²) < 4.78 is 67.7. The van der Waals surface area contributed by atoms with E-state index in [1.807, 2.05) is 68.5 Å². The molecule has 0 fully saturated rings. The predicted octanol–water partition coefficient (Wildman–Crippen LogP) is 6.72. The van der Waals surface area contributed by atoms with Gasteiger partial charge in [0.1, 0.15) is 6.54 Å². The molecule has 50 heavy (non-hydrogen) atoms. The summed E-state index contributed by atoms with van der Waals surface area (Å²) in [5, 5.41) is 11.7. The quantitative estimate of drug-likeness (QED) is 0.0704. The zero-order chi connectivity index (χ0) is 36.1. The van der Waals surface area contributed by atoms with Gasteiger partial charge in [0.25, 0.3) is 25.9 Å². The fraction of sp³-hybridized carbons (Fsp3) is 0.162. The van der Waals surface area contributed by atoms with Crippen LogP contribution in [0.3, 0.4) is 0 Å². The Balaban J connectivity index is 1.50. The van der Waals surface area contributed by atoms with Gasteiger partial charge < -0.3 is 4.90 Å². The van der Waals surface area contributed by atoms with Gasteiger partial charge in [-0.15, -0.1) is 0 Å². The molecule has 4 aromatic carbocycles. The van der Waals surface area contributed by atoms with E-state index >= 15 is 0 Å². The minimum Gasteiger partial charge on any atom is -0.367 e. The highest BCUT2D eigenvalue weighted by atomic mass is 32.2. The van der Waals surface area contributed by atoms with Gasteiger partial charge in [0.15, 0.2) is 12.3 Å². The van der Waals surface area contributed by atoms with Crippen molar-refractivity contribution >= 4 is 42.9 Å². The standard InChI is InChI=1S/C37H35N3O8S2/c1-3-38(25-27-8-5-12-35(22-27)49(43,44)45)32-18-14-29(15-19-32)37(31-10-7-11-34(24-31)40(41)42)30-16-20-33(21-17-30)39(4-2)26-28-9-6-13-36(23-28)50(46,47)48/h5-24H,3-4,25-26H2,1-2H3,(H-,43,44,45,46,47,48)/p+1. The summed E-state index contributed by atoms with van der Waals surface area (Å²) >= 11 is 0. The smallest absolute Gasteiger partial charge is 0.294 e. The second-order valence-corrected chi connectivity index (χ2v) is 14.4. The van der Waals surface area contributed by atoms with Gasteiger partial charge in [-0.25, -0.2) is 4.58 Å². The number of non-ortho nitro benzene ring substituents is 1. The van der Waals surface area contributed by atoms with E-state index in [2.05, 4.69) is 9.48 Å². The van der Waals surface area contributed by atoms with Crippen molar-refractivity contribution in [2.75, 3.05) is 18.0 Å². The van der Waals surface area contributed by atoms with E-state index in [-0.39, 0.29) is 15.5 Å². The summed E-state index contributed by atoms with van der Waals surface area (Å²) in [6, 6.07) is 26.5. The highest BCUT2D eigenvalue weighted by Gasteiger charge is 2.19. The van der Waals surface area contributed by atoms with Crippen LogP contribution in [0.15, 0.2) is 137 Å². The Kier molecular flexibility index (Phi) is 10.9. The van der Waals surface area contributed by atoms with Crippen molar-refractivity contribution in [1.82, 2.24) is 0 Å². The van der Waals surface area contributed by atoms with Crippen LogP contribution in [-0.2, 0) is 33.3 Å². The first-order chi connectivity index (χ1) is 23.8. The molecule has 0 atom stereocenters. The Morgan fingerprint density at radius 2 is 1.30 bits per heavy atom. The van der Waals surface area contributed by atoms with Crippen LogP contribution >= 0.6 is 0 Å². The number of anilines is 1. The first-order valence-corrected chi connectivity index (χ1v) is 18.6. The van der Waals surface area contributed by atoms with Crippen LogP contribution < -0.4 is 4.90 Å². The van der Waals surface area contributed by atoms with Crippen molar-refractivity contribution in [2.45, 2.75) is 36.7 Å². The Hall–Kier alpha value is -5.21. The number of nitro benzene ring substituents is 1. The molecule has 4 aromatic rings. The molecule has 0 saturated heterocycles. The Morgan fingerprint density at radius 3 is 1.86 bits per heavy atom. The molecule has 0 aromatic heterocycles. The largest absolute Gasteiger partial charge is 0.367 e. The fourth-order valence-electron chi connectivity index (χ4n) is 5.77. The minimum absolute atomic E-state index is 0.0400. The monoisotopic (exact) mass is 714 g/mol. The van der Waals surface area contributed by atoms with Crippen molar-refractivity contribution in [3.8, 4) is 0 Å². The zero-order valence-corrected chi connectivity index (χ0v) is 29.0. The second kappa shape index (κ2) is 15.1. The molecule has 0 bridgehead atoms. The molecular weight excluding hydrogens is 679 g/mol. The lowest BCUT2D eigenvalue weighted by molar-refractivity contribution is -0.539. The summed E-state index contributed by atoms with van der Waals surface area (Å²) in [6.07, 6.45) is 7.76. The summed E-state index contributed by atoms with van der Waals surface area (Å²) in [4.78, 5) is 13.0. The second-order valence-electron chi connectivity index (χ2n) is 11.5. The fourth-order valence-corrected chi connectivity index (χ4v) is 6.88. The molecule has 5 rings (SSSR count). The molecule has 0 unspecified atom stereocenters. The molecule has 0 spiro atoms. The molecule has 0 radical (unpaired) electrons. The topological polar surface area (TPSA) is 158 Å². The van der Waals surface area contributed by atoms with Gasteiger partial charge in [-0.2, -0.15) is 16.8 Å². The molecule has 1 aliphatic rings. The molecule has 2 N–H and O–H groups in total. The Labute approximate surface area is 291 Å². The normalized spacial score (nSPS) is 13.0. The average Bonchev–Trinajstić information content (AvgIpc) is 3.10. The molecular formula is C37H36N3O8S2+. The number of hydrogen-bond donors (Lipinski definition) is 2.